The van der Waals surface area contributed by atoms with Gasteiger partial charge < -0.3 is 15.8 Å². The molecule has 1 aliphatic carbocycles. The zero-order chi connectivity index (χ0) is 16.8. The zero-order valence-corrected chi connectivity index (χ0v) is 14.0. The van der Waals surface area contributed by atoms with Crippen LogP contribution in [0.4, 0.5) is 4.79 Å². The first-order valence-electron chi connectivity index (χ1n) is 8.69. The van der Waals surface area contributed by atoms with E-state index in [4.69, 9.17) is 4.74 Å². The molecule has 4 N–H and O–H groups in total. The van der Waals surface area contributed by atoms with E-state index < -0.39 is 0 Å². The van der Waals surface area contributed by atoms with Gasteiger partial charge in [-0.1, -0.05) is 48.5 Å². The smallest absolute Gasteiger partial charge is 0.407 e. The first kappa shape index (κ1) is 16.5. The second-order valence-corrected chi connectivity index (χ2v) is 6.17. The molecule has 2 aromatic rings. The number of hydrogen-bond acceptors (Lipinski definition) is 2. The fourth-order valence-corrected chi connectivity index (χ4v) is 3.32. The second-order valence-electron chi connectivity index (χ2n) is 6.17. The Labute approximate surface area is 143 Å². The Bertz CT molecular complexity index is 654. The number of carbonyl (C=O) groups is 1. The van der Waals surface area contributed by atoms with Gasteiger partial charge in [0.2, 0.25) is 0 Å². The predicted molar refractivity (Wildman–Crippen MR) is 94.7 cm³/mol. The molecule has 2 aromatic carbocycles. The van der Waals surface area contributed by atoms with Gasteiger partial charge in [-0.15, -0.1) is 0 Å². The molecular formula is C20H25N2O2+. The Morgan fingerprint density at radius 3 is 2.21 bits per heavy atom. The van der Waals surface area contributed by atoms with Crippen LogP contribution in [0, 0.1) is 0 Å². The van der Waals surface area contributed by atoms with E-state index in [0.717, 1.165) is 25.8 Å². The number of alkyl carbamates (subject to hydrolysis) is 1. The molecule has 0 atom stereocenters. The van der Waals surface area contributed by atoms with Crippen LogP contribution >= 0.6 is 0 Å². The van der Waals surface area contributed by atoms with Crippen molar-refractivity contribution in [2.75, 3.05) is 19.7 Å². The van der Waals surface area contributed by atoms with Crippen molar-refractivity contribution in [1.82, 2.24) is 5.32 Å². The molecule has 0 aliphatic heterocycles. The molecule has 126 valence electrons. The molecule has 0 bridgehead atoms. The summed E-state index contributed by atoms with van der Waals surface area (Å²) in [5.41, 5.74) is 8.78. The lowest BCUT2D eigenvalue weighted by Crippen LogP contribution is -2.50. The first-order valence-corrected chi connectivity index (χ1v) is 8.69. The van der Waals surface area contributed by atoms with E-state index in [2.05, 4.69) is 47.4 Å². The summed E-state index contributed by atoms with van der Waals surface area (Å²) in [5, 5.41) is 2.83. The van der Waals surface area contributed by atoms with Crippen molar-refractivity contribution in [3.63, 3.8) is 0 Å². The summed E-state index contributed by atoms with van der Waals surface area (Å²) in [6.45, 7) is 1.99. The topological polar surface area (TPSA) is 66.0 Å². The number of quaternary nitrogens is 1. The molecule has 0 fully saturated rings. The highest BCUT2D eigenvalue weighted by atomic mass is 16.5. The minimum atomic E-state index is -0.327. The maximum Gasteiger partial charge on any atom is 0.407 e. The summed E-state index contributed by atoms with van der Waals surface area (Å²) in [7, 11) is 0. The van der Waals surface area contributed by atoms with E-state index in [1.807, 2.05) is 12.1 Å². The Morgan fingerprint density at radius 2 is 1.58 bits per heavy atom. The van der Waals surface area contributed by atoms with Crippen LogP contribution in [0.15, 0.2) is 48.5 Å². The van der Waals surface area contributed by atoms with Crippen LogP contribution in [0.25, 0.3) is 11.1 Å². The summed E-state index contributed by atoms with van der Waals surface area (Å²) < 4.78 is 5.48. The number of benzene rings is 2. The number of fused-ring (bicyclic) bond motifs is 3. The molecule has 1 amide bonds. The van der Waals surface area contributed by atoms with Gasteiger partial charge in [0.05, 0.1) is 6.54 Å². The Morgan fingerprint density at radius 1 is 0.958 bits per heavy atom. The molecule has 24 heavy (non-hydrogen) atoms. The molecule has 0 unspecified atom stereocenters. The third-order valence-corrected chi connectivity index (χ3v) is 4.54. The average molecular weight is 325 g/mol. The maximum atomic E-state index is 11.9. The Hall–Kier alpha value is -2.33. The van der Waals surface area contributed by atoms with Crippen LogP contribution in [0.1, 0.15) is 36.3 Å². The summed E-state index contributed by atoms with van der Waals surface area (Å²) >= 11 is 0. The summed E-state index contributed by atoms with van der Waals surface area (Å²) in [5.74, 6) is 0.120. The Kier molecular flexibility index (Phi) is 5.49. The minimum Gasteiger partial charge on any atom is -0.449 e. The fourth-order valence-electron chi connectivity index (χ4n) is 3.32. The van der Waals surface area contributed by atoms with Crippen LogP contribution in [0.5, 0.6) is 0 Å². The number of rotatable bonds is 7. The molecular weight excluding hydrogens is 300 g/mol. The van der Waals surface area contributed by atoms with Gasteiger partial charge >= 0.3 is 6.09 Å². The molecule has 0 spiro atoms. The largest absolute Gasteiger partial charge is 0.449 e. The van der Waals surface area contributed by atoms with E-state index in [0.29, 0.717) is 13.2 Å². The standard InChI is InChI=1S/C20H24N2O2/c21-12-6-1-7-13-22-20(23)24-14-19-17-10-4-2-8-15(17)16-9-3-5-11-18(16)19/h2-5,8-11,19H,1,6-7,12-14,21H2,(H,22,23)/p+1. The van der Waals surface area contributed by atoms with Gasteiger partial charge in [-0.05, 0) is 41.5 Å². The van der Waals surface area contributed by atoms with Gasteiger partial charge in [0, 0.05) is 12.5 Å². The van der Waals surface area contributed by atoms with E-state index in [-0.39, 0.29) is 12.0 Å². The molecule has 1 aliphatic rings. The van der Waals surface area contributed by atoms with Crippen molar-refractivity contribution in [2.45, 2.75) is 25.2 Å². The van der Waals surface area contributed by atoms with E-state index in [9.17, 15) is 4.79 Å². The summed E-state index contributed by atoms with van der Waals surface area (Å²) in [6.07, 6.45) is 2.84. The number of unbranched alkanes of at least 4 members (excludes halogenated alkanes) is 2. The zero-order valence-electron chi connectivity index (χ0n) is 14.0. The lowest BCUT2D eigenvalue weighted by atomic mass is 9.98. The Balaban J connectivity index is 1.58. The van der Waals surface area contributed by atoms with Crippen LogP contribution < -0.4 is 11.1 Å². The third kappa shape index (κ3) is 3.60. The lowest BCUT2D eigenvalue weighted by Gasteiger charge is -2.14. The van der Waals surface area contributed by atoms with Gasteiger partial charge in [0.15, 0.2) is 0 Å². The molecule has 4 heteroatoms. The van der Waals surface area contributed by atoms with Gasteiger partial charge in [-0.3, -0.25) is 0 Å². The lowest BCUT2D eigenvalue weighted by molar-refractivity contribution is -0.368. The molecule has 0 radical (unpaired) electrons. The predicted octanol–water partition coefficient (Wildman–Crippen LogP) is 2.94. The van der Waals surface area contributed by atoms with Crippen LogP contribution in [0.3, 0.4) is 0 Å². The first-order chi connectivity index (χ1) is 11.8. The molecule has 0 saturated heterocycles. The van der Waals surface area contributed by atoms with Gasteiger partial charge in [-0.25, -0.2) is 4.79 Å². The van der Waals surface area contributed by atoms with Crippen molar-refractivity contribution in [3.05, 3.63) is 59.7 Å². The second kappa shape index (κ2) is 7.97. The number of nitrogens with one attached hydrogen (secondary N) is 1. The van der Waals surface area contributed by atoms with Crippen LogP contribution in [-0.4, -0.2) is 25.8 Å². The highest BCUT2D eigenvalue weighted by Gasteiger charge is 2.28. The number of carbonyl (C=O) groups excluding carboxylic acids is 1. The van der Waals surface area contributed by atoms with E-state index >= 15 is 0 Å². The third-order valence-electron chi connectivity index (χ3n) is 4.54. The quantitative estimate of drug-likeness (QED) is 0.769. The van der Waals surface area contributed by atoms with Gasteiger partial charge in [-0.2, -0.15) is 0 Å². The SMILES string of the molecule is [NH3+]CCCCCNC(=O)OCC1c2ccccc2-c2ccccc21. The van der Waals surface area contributed by atoms with Crippen LogP contribution in [-0.2, 0) is 4.74 Å². The normalized spacial score (nSPS) is 12.5. The summed E-state index contributed by atoms with van der Waals surface area (Å²) in [6, 6.07) is 16.7. The number of amides is 1. The van der Waals surface area contributed by atoms with E-state index in [1.165, 1.54) is 22.3 Å². The van der Waals surface area contributed by atoms with Crippen molar-refractivity contribution in [2.24, 2.45) is 0 Å². The maximum absolute atomic E-state index is 11.9. The molecule has 4 nitrogen and oxygen atoms in total. The fraction of sp³-hybridized carbons (Fsp3) is 0.350. The monoisotopic (exact) mass is 325 g/mol. The summed E-state index contributed by atoms with van der Waals surface area (Å²) in [4.78, 5) is 11.9. The van der Waals surface area contributed by atoms with Crippen molar-refractivity contribution < 1.29 is 15.3 Å². The van der Waals surface area contributed by atoms with Crippen LogP contribution in [0.2, 0.25) is 0 Å². The number of hydrogen-bond donors (Lipinski definition) is 2. The highest BCUT2D eigenvalue weighted by molar-refractivity contribution is 5.79. The highest BCUT2D eigenvalue weighted by Crippen LogP contribution is 2.44. The molecule has 3 rings (SSSR count). The van der Waals surface area contributed by atoms with Crippen molar-refractivity contribution >= 4 is 6.09 Å². The molecule has 0 heterocycles. The van der Waals surface area contributed by atoms with Gasteiger partial charge in [0.25, 0.3) is 0 Å². The van der Waals surface area contributed by atoms with Gasteiger partial charge in [0.1, 0.15) is 6.61 Å². The van der Waals surface area contributed by atoms with Crippen molar-refractivity contribution in [3.8, 4) is 11.1 Å². The number of ether oxygens (including phenoxy) is 1. The molecule has 0 saturated carbocycles. The van der Waals surface area contributed by atoms with Crippen molar-refractivity contribution in [1.29, 1.82) is 0 Å². The van der Waals surface area contributed by atoms with E-state index in [1.54, 1.807) is 0 Å². The minimum absolute atomic E-state index is 0.120. The average Bonchev–Trinajstić information content (AvgIpc) is 2.94. The molecule has 0 aromatic heterocycles.